The van der Waals surface area contributed by atoms with Crippen molar-refractivity contribution >= 4 is 17.4 Å². The molecule has 1 aromatic carbocycles. The highest BCUT2D eigenvalue weighted by Crippen LogP contribution is 2.29. The normalized spacial score (nSPS) is 22.7. The SMILES string of the molecule is CCCC1(C(=O)Cc2cccc(F)c2Cl)CCCN1. The smallest absolute Gasteiger partial charge is 0.157 e. The maximum Gasteiger partial charge on any atom is 0.157 e. The van der Waals surface area contributed by atoms with Crippen LogP contribution in [0.3, 0.4) is 0 Å². The molecular formula is C15H19ClFNO. The zero-order valence-corrected chi connectivity index (χ0v) is 11.9. The van der Waals surface area contributed by atoms with Crippen LogP contribution in [0.15, 0.2) is 18.2 Å². The van der Waals surface area contributed by atoms with Crippen molar-refractivity contribution < 1.29 is 9.18 Å². The number of benzene rings is 1. The minimum atomic E-state index is -0.462. The Hall–Kier alpha value is -0.930. The largest absolute Gasteiger partial charge is 0.305 e. The number of carbonyl (C=O) groups is 1. The third kappa shape index (κ3) is 2.98. The average molecular weight is 284 g/mol. The predicted octanol–water partition coefficient (Wildman–Crippen LogP) is 3.51. The Morgan fingerprint density at radius 1 is 1.53 bits per heavy atom. The van der Waals surface area contributed by atoms with Gasteiger partial charge in [0.2, 0.25) is 0 Å². The van der Waals surface area contributed by atoms with Gasteiger partial charge in [-0.1, -0.05) is 37.1 Å². The Morgan fingerprint density at radius 2 is 2.32 bits per heavy atom. The summed E-state index contributed by atoms with van der Waals surface area (Å²) in [4.78, 5) is 12.5. The number of halogens is 2. The molecule has 1 unspecified atom stereocenters. The number of Topliss-reactive ketones (excluding diaryl/α,β-unsaturated/α-hetero) is 1. The Kier molecular flexibility index (Phi) is 4.58. The van der Waals surface area contributed by atoms with Crippen molar-refractivity contribution in [2.75, 3.05) is 6.54 Å². The molecule has 1 heterocycles. The fourth-order valence-corrected chi connectivity index (χ4v) is 3.04. The second-order valence-corrected chi connectivity index (χ2v) is 5.55. The summed E-state index contributed by atoms with van der Waals surface area (Å²) in [6.45, 7) is 2.95. The van der Waals surface area contributed by atoms with E-state index in [9.17, 15) is 9.18 Å². The number of nitrogens with one attached hydrogen (secondary N) is 1. The standard InChI is InChI=1S/C15H19ClFNO/c1-2-7-15(8-4-9-18-15)13(19)10-11-5-3-6-12(17)14(11)16/h3,5-6,18H,2,4,7-10H2,1H3. The second kappa shape index (κ2) is 6.02. The summed E-state index contributed by atoms with van der Waals surface area (Å²) in [5.41, 5.74) is 0.153. The molecule has 0 aliphatic carbocycles. The molecule has 2 nitrogen and oxygen atoms in total. The van der Waals surface area contributed by atoms with Crippen molar-refractivity contribution in [2.24, 2.45) is 0 Å². The van der Waals surface area contributed by atoms with Crippen molar-refractivity contribution in [1.29, 1.82) is 0 Å². The number of carbonyl (C=O) groups excluding carboxylic acids is 1. The average Bonchev–Trinajstić information content (AvgIpc) is 2.85. The van der Waals surface area contributed by atoms with Crippen molar-refractivity contribution in [3.05, 3.63) is 34.6 Å². The van der Waals surface area contributed by atoms with Gasteiger partial charge in [-0.15, -0.1) is 0 Å². The zero-order valence-electron chi connectivity index (χ0n) is 11.1. The van der Waals surface area contributed by atoms with E-state index in [4.69, 9.17) is 11.6 Å². The fourth-order valence-electron chi connectivity index (χ4n) is 2.85. The maximum absolute atomic E-state index is 13.4. The predicted molar refractivity (Wildman–Crippen MR) is 75.0 cm³/mol. The highest BCUT2D eigenvalue weighted by Gasteiger charge is 2.39. The first-order valence-electron chi connectivity index (χ1n) is 6.80. The van der Waals surface area contributed by atoms with Gasteiger partial charge in [0.25, 0.3) is 0 Å². The first-order chi connectivity index (χ1) is 9.09. The van der Waals surface area contributed by atoms with Gasteiger partial charge in [0, 0.05) is 6.42 Å². The van der Waals surface area contributed by atoms with Crippen LogP contribution >= 0.6 is 11.6 Å². The van der Waals surface area contributed by atoms with Crippen molar-refractivity contribution in [2.45, 2.75) is 44.6 Å². The Bertz CT molecular complexity index is 469. The van der Waals surface area contributed by atoms with Crippen molar-refractivity contribution in [1.82, 2.24) is 5.32 Å². The quantitative estimate of drug-likeness (QED) is 0.896. The maximum atomic E-state index is 13.4. The van der Waals surface area contributed by atoms with Crippen LogP contribution in [-0.4, -0.2) is 17.9 Å². The van der Waals surface area contributed by atoms with Crippen LogP contribution in [0.25, 0.3) is 0 Å². The second-order valence-electron chi connectivity index (χ2n) is 5.18. The van der Waals surface area contributed by atoms with Gasteiger partial charge in [0.15, 0.2) is 5.78 Å². The van der Waals surface area contributed by atoms with E-state index in [2.05, 4.69) is 12.2 Å². The van der Waals surface area contributed by atoms with E-state index < -0.39 is 11.4 Å². The minimum absolute atomic E-state index is 0.0699. The molecule has 4 heteroatoms. The molecule has 0 saturated carbocycles. The molecule has 0 amide bonds. The van der Waals surface area contributed by atoms with Gasteiger partial charge >= 0.3 is 0 Å². The molecule has 1 N–H and O–H groups in total. The van der Waals surface area contributed by atoms with E-state index in [0.29, 0.717) is 5.56 Å². The summed E-state index contributed by atoms with van der Waals surface area (Å²) in [6, 6.07) is 4.63. The van der Waals surface area contributed by atoms with Crippen molar-refractivity contribution in [3.8, 4) is 0 Å². The lowest BCUT2D eigenvalue weighted by Crippen LogP contribution is -2.48. The van der Waals surface area contributed by atoms with E-state index in [0.717, 1.165) is 32.2 Å². The molecule has 0 aromatic heterocycles. The van der Waals surface area contributed by atoms with Gasteiger partial charge in [-0.2, -0.15) is 0 Å². The van der Waals surface area contributed by atoms with Gasteiger partial charge in [0.1, 0.15) is 5.82 Å². The highest BCUT2D eigenvalue weighted by molar-refractivity contribution is 6.31. The Balaban J connectivity index is 2.17. The lowest BCUT2D eigenvalue weighted by Gasteiger charge is -2.27. The fraction of sp³-hybridized carbons (Fsp3) is 0.533. The van der Waals surface area contributed by atoms with E-state index in [1.165, 1.54) is 6.07 Å². The molecule has 1 fully saturated rings. The van der Waals surface area contributed by atoms with Crippen LogP contribution in [-0.2, 0) is 11.2 Å². The molecule has 104 valence electrons. The highest BCUT2D eigenvalue weighted by atomic mass is 35.5. The molecule has 1 aromatic rings. The van der Waals surface area contributed by atoms with Crippen molar-refractivity contribution in [3.63, 3.8) is 0 Å². The topological polar surface area (TPSA) is 29.1 Å². The summed E-state index contributed by atoms with van der Waals surface area (Å²) in [7, 11) is 0. The summed E-state index contributed by atoms with van der Waals surface area (Å²) in [6.07, 6.45) is 3.87. The number of ketones is 1. The summed E-state index contributed by atoms with van der Waals surface area (Å²) < 4.78 is 13.4. The molecule has 0 bridgehead atoms. The zero-order chi connectivity index (χ0) is 13.9. The first-order valence-corrected chi connectivity index (χ1v) is 7.18. The molecule has 2 rings (SSSR count). The van der Waals surface area contributed by atoms with E-state index >= 15 is 0 Å². The lowest BCUT2D eigenvalue weighted by molar-refractivity contribution is -0.124. The van der Waals surface area contributed by atoms with Crippen LogP contribution < -0.4 is 5.32 Å². The van der Waals surface area contributed by atoms with Gasteiger partial charge in [-0.25, -0.2) is 4.39 Å². The van der Waals surface area contributed by atoms with Crippen LogP contribution in [0.4, 0.5) is 4.39 Å². The summed E-state index contributed by atoms with van der Waals surface area (Å²) in [5.74, 6) is -0.338. The van der Waals surface area contributed by atoms with E-state index in [-0.39, 0.29) is 17.2 Å². The number of hydrogen-bond acceptors (Lipinski definition) is 2. The summed E-state index contributed by atoms with van der Waals surface area (Å²) >= 11 is 5.92. The molecule has 19 heavy (non-hydrogen) atoms. The van der Waals surface area contributed by atoms with Crippen LogP contribution in [0.2, 0.25) is 5.02 Å². The van der Waals surface area contributed by atoms with E-state index in [1.807, 2.05) is 0 Å². The van der Waals surface area contributed by atoms with Gasteiger partial charge < -0.3 is 5.32 Å². The van der Waals surface area contributed by atoms with Gasteiger partial charge in [-0.05, 0) is 37.4 Å². The minimum Gasteiger partial charge on any atom is -0.305 e. The lowest BCUT2D eigenvalue weighted by atomic mass is 9.84. The van der Waals surface area contributed by atoms with E-state index in [1.54, 1.807) is 12.1 Å². The summed E-state index contributed by atoms with van der Waals surface area (Å²) in [5, 5.41) is 3.41. The third-order valence-electron chi connectivity index (χ3n) is 3.84. The molecule has 1 aliphatic heterocycles. The van der Waals surface area contributed by atoms with Crippen LogP contribution in [0.5, 0.6) is 0 Å². The molecule has 1 saturated heterocycles. The Labute approximate surface area is 118 Å². The van der Waals surface area contributed by atoms with Gasteiger partial charge in [0.05, 0.1) is 10.6 Å². The molecule has 1 atom stereocenters. The first kappa shape index (κ1) is 14.5. The molecule has 0 radical (unpaired) electrons. The third-order valence-corrected chi connectivity index (χ3v) is 4.26. The van der Waals surface area contributed by atoms with Crippen LogP contribution in [0.1, 0.15) is 38.2 Å². The van der Waals surface area contributed by atoms with Crippen LogP contribution in [0, 0.1) is 5.82 Å². The number of hydrogen-bond donors (Lipinski definition) is 1. The monoisotopic (exact) mass is 283 g/mol. The molecule has 0 spiro atoms. The Morgan fingerprint density at radius 3 is 2.95 bits per heavy atom. The molecular weight excluding hydrogens is 265 g/mol. The van der Waals surface area contributed by atoms with Gasteiger partial charge in [-0.3, -0.25) is 4.79 Å². The molecule has 1 aliphatic rings. The number of rotatable bonds is 5.